The predicted octanol–water partition coefficient (Wildman–Crippen LogP) is 7.20. The molecule has 0 saturated heterocycles. The SMILES string of the molecule is COc1ccc(-c2nc3cc(NC(=S)NC(=O)c4cccc5c(Cl)cccc45)ccc3o2)cc1Br. The van der Waals surface area contributed by atoms with E-state index in [0.29, 0.717) is 33.3 Å². The number of carbonyl (C=O) groups excluding carboxylic acids is 1. The fourth-order valence-electron chi connectivity index (χ4n) is 3.73. The van der Waals surface area contributed by atoms with Gasteiger partial charge in [-0.2, -0.15) is 0 Å². The summed E-state index contributed by atoms with van der Waals surface area (Å²) in [5, 5.41) is 8.07. The number of rotatable bonds is 4. The highest BCUT2D eigenvalue weighted by Crippen LogP contribution is 2.32. The van der Waals surface area contributed by atoms with E-state index in [4.69, 9.17) is 33.0 Å². The number of nitrogens with zero attached hydrogens (tertiary/aromatic N) is 1. The van der Waals surface area contributed by atoms with E-state index in [1.165, 1.54) is 0 Å². The first-order chi connectivity index (χ1) is 16.9. The van der Waals surface area contributed by atoms with Crippen molar-refractivity contribution in [1.29, 1.82) is 0 Å². The summed E-state index contributed by atoms with van der Waals surface area (Å²) in [7, 11) is 1.61. The zero-order valence-corrected chi connectivity index (χ0v) is 21.4. The summed E-state index contributed by atoms with van der Waals surface area (Å²) in [5.74, 6) is 0.870. The van der Waals surface area contributed by atoms with E-state index in [1.54, 1.807) is 43.5 Å². The molecule has 0 aliphatic carbocycles. The maximum absolute atomic E-state index is 12.9. The molecule has 5 rings (SSSR count). The molecule has 1 heterocycles. The van der Waals surface area contributed by atoms with E-state index in [2.05, 4.69) is 31.5 Å². The highest BCUT2D eigenvalue weighted by Gasteiger charge is 2.14. The number of methoxy groups -OCH3 is 1. The number of thiocarbonyl (C=S) groups is 1. The average molecular weight is 567 g/mol. The lowest BCUT2D eigenvalue weighted by Gasteiger charge is -2.11. The lowest BCUT2D eigenvalue weighted by Crippen LogP contribution is -2.34. The van der Waals surface area contributed by atoms with Crippen LogP contribution < -0.4 is 15.4 Å². The van der Waals surface area contributed by atoms with Crippen molar-refractivity contribution in [3.63, 3.8) is 0 Å². The van der Waals surface area contributed by atoms with Gasteiger partial charge in [0.15, 0.2) is 10.7 Å². The van der Waals surface area contributed by atoms with Crippen LogP contribution in [0.2, 0.25) is 5.02 Å². The third-order valence-corrected chi connectivity index (χ3v) is 6.54. The number of fused-ring (bicyclic) bond motifs is 2. The monoisotopic (exact) mass is 565 g/mol. The van der Waals surface area contributed by atoms with Crippen LogP contribution in [0.4, 0.5) is 5.69 Å². The minimum absolute atomic E-state index is 0.163. The number of halogens is 2. The Hall–Kier alpha value is -3.46. The largest absolute Gasteiger partial charge is 0.496 e. The summed E-state index contributed by atoms with van der Waals surface area (Å²) < 4.78 is 12.0. The first-order valence-electron chi connectivity index (χ1n) is 10.5. The molecule has 0 atom stereocenters. The molecule has 0 saturated carbocycles. The molecule has 0 bridgehead atoms. The van der Waals surface area contributed by atoms with Crippen molar-refractivity contribution in [1.82, 2.24) is 10.3 Å². The number of carbonyl (C=O) groups is 1. The van der Waals surface area contributed by atoms with Crippen LogP contribution in [0.3, 0.4) is 0 Å². The summed E-state index contributed by atoms with van der Waals surface area (Å²) in [4.78, 5) is 17.5. The molecular formula is C26H17BrClN3O3S. The molecule has 6 nitrogen and oxygen atoms in total. The number of nitrogens with one attached hydrogen (secondary N) is 2. The summed E-state index contributed by atoms with van der Waals surface area (Å²) in [6, 6.07) is 21.8. The van der Waals surface area contributed by atoms with E-state index >= 15 is 0 Å². The Morgan fingerprint density at radius 1 is 1.06 bits per heavy atom. The second-order valence-corrected chi connectivity index (χ2v) is 9.27. The Morgan fingerprint density at radius 3 is 2.66 bits per heavy atom. The number of anilines is 1. The maximum atomic E-state index is 12.9. The van der Waals surface area contributed by atoms with Gasteiger partial charge in [0.25, 0.3) is 5.91 Å². The third kappa shape index (κ3) is 4.73. The standard InChI is InChI=1S/C26H17BrClN3O3S/c1-33-22-10-8-14(12-19(22)27)25-30-21-13-15(9-11-23(21)34-25)29-26(35)31-24(32)18-6-2-5-17-16(18)4-3-7-20(17)28/h2-13H,1H3,(H2,29,31,32,35). The summed E-state index contributed by atoms with van der Waals surface area (Å²) in [5.41, 5.74) is 3.23. The highest BCUT2D eigenvalue weighted by atomic mass is 79.9. The fraction of sp³-hybridized carbons (Fsp3) is 0.0385. The Kier molecular flexibility index (Phi) is 6.42. The van der Waals surface area contributed by atoms with Gasteiger partial charge >= 0.3 is 0 Å². The number of ether oxygens (including phenoxy) is 1. The Morgan fingerprint density at radius 2 is 1.86 bits per heavy atom. The molecule has 9 heteroatoms. The Labute approximate surface area is 219 Å². The molecule has 2 N–H and O–H groups in total. The van der Waals surface area contributed by atoms with Crippen LogP contribution in [0.25, 0.3) is 33.3 Å². The van der Waals surface area contributed by atoms with Crippen molar-refractivity contribution >= 4 is 78.3 Å². The molecule has 0 aliphatic heterocycles. The molecule has 174 valence electrons. The van der Waals surface area contributed by atoms with Gasteiger partial charge in [-0.3, -0.25) is 10.1 Å². The van der Waals surface area contributed by atoms with Gasteiger partial charge in [-0.15, -0.1) is 0 Å². The fourth-order valence-corrected chi connectivity index (χ4v) is 4.72. The number of aromatic nitrogens is 1. The molecule has 5 aromatic rings. The van der Waals surface area contributed by atoms with Crippen LogP contribution in [0.15, 0.2) is 81.7 Å². The Bertz CT molecular complexity index is 1620. The number of amides is 1. The molecule has 1 amide bonds. The molecule has 0 spiro atoms. The van der Waals surface area contributed by atoms with Crippen molar-refractivity contribution in [3.05, 3.63) is 87.9 Å². The summed E-state index contributed by atoms with van der Waals surface area (Å²) in [6.45, 7) is 0. The smallest absolute Gasteiger partial charge is 0.258 e. The second-order valence-electron chi connectivity index (χ2n) is 7.60. The topological polar surface area (TPSA) is 76.4 Å². The van der Waals surface area contributed by atoms with Crippen molar-refractivity contribution < 1.29 is 13.9 Å². The van der Waals surface area contributed by atoms with Crippen molar-refractivity contribution in [2.75, 3.05) is 12.4 Å². The number of oxazole rings is 1. The van der Waals surface area contributed by atoms with Gasteiger partial charge in [-0.25, -0.2) is 4.98 Å². The molecule has 4 aromatic carbocycles. The third-order valence-electron chi connectivity index (χ3n) is 5.38. The van der Waals surface area contributed by atoms with Gasteiger partial charge in [0.2, 0.25) is 5.89 Å². The van der Waals surface area contributed by atoms with Gasteiger partial charge in [-0.1, -0.05) is 35.9 Å². The van der Waals surface area contributed by atoms with Gasteiger partial charge < -0.3 is 14.5 Å². The molecule has 1 aromatic heterocycles. The van der Waals surface area contributed by atoms with Crippen molar-refractivity contribution in [2.45, 2.75) is 0 Å². The van der Waals surface area contributed by atoms with E-state index in [0.717, 1.165) is 26.6 Å². The molecular weight excluding hydrogens is 550 g/mol. The van der Waals surface area contributed by atoms with Crippen molar-refractivity contribution in [2.24, 2.45) is 0 Å². The van der Waals surface area contributed by atoms with Crippen molar-refractivity contribution in [3.8, 4) is 17.2 Å². The quantitative estimate of drug-likeness (QED) is 0.224. The summed E-state index contributed by atoms with van der Waals surface area (Å²) >= 11 is 15.1. The number of hydrogen-bond donors (Lipinski definition) is 2. The first-order valence-corrected chi connectivity index (χ1v) is 12.0. The lowest BCUT2D eigenvalue weighted by atomic mass is 10.0. The van der Waals surface area contributed by atoms with E-state index in [1.807, 2.05) is 36.4 Å². The molecule has 35 heavy (non-hydrogen) atoms. The van der Waals surface area contributed by atoms with E-state index < -0.39 is 0 Å². The zero-order valence-electron chi connectivity index (χ0n) is 18.3. The van der Waals surface area contributed by atoms with Crippen LogP contribution >= 0.6 is 39.7 Å². The minimum atomic E-state index is -0.328. The highest BCUT2D eigenvalue weighted by molar-refractivity contribution is 9.10. The summed E-state index contributed by atoms with van der Waals surface area (Å²) in [6.07, 6.45) is 0. The van der Waals surface area contributed by atoms with Gasteiger partial charge in [-0.05, 0) is 82.1 Å². The average Bonchev–Trinajstić information content (AvgIpc) is 3.27. The van der Waals surface area contributed by atoms with Crippen LogP contribution in [-0.2, 0) is 0 Å². The molecule has 0 unspecified atom stereocenters. The number of hydrogen-bond acceptors (Lipinski definition) is 5. The predicted molar refractivity (Wildman–Crippen MR) is 146 cm³/mol. The first kappa shape index (κ1) is 23.3. The van der Waals surface area contributed by atoms with Gasteiger partial charge in [0.05, 0.1) is 11.6 Å². The van der Waals surface area contributed by atoms with Crippen LogP contribution in [0.1, 0.15) is 10.4 Å². The molecule has 0 fully saturated rings. The normalized spacial score (nSPS) is 10.9. The second kappa shape index (κ2) is 9.65. The van der Waals surface area contributed by atoms with Gasteiger partial charge in [0.1, 0.15) is 11.3 Å². The molecule has 0 aliphatic rings. The van der Waals surface area contributed by atoms with Crippen LogP contribution in [0.5, 0.6) is 5.75 Å². The van der Waals surface area contributed by atoms with E-state index in [9.17, 15) is 4.79 Å². The molecule has 0 radical (unpaired) electrons. The van der Waals surface area contributed by atoms with Crippen LogP contribution in [0, 0.1) is 0 Å². The Balaban J connectivity index is 1.33. The van der Waals surface area contributed by atoms with Gasteiger partial charge in [0, 0.05) is 27.2 Å². The van der Waals surface area contributed by atoms with E-state index in [-0.39, 0.29) is 11.0 Å². The lowest BCUT2D eigenvalue weighted by molar-refractivity contribution is 0.0979. The number of benzene rings is 4. The zero-order chi connectivity index (χ0) is 24.5. The van der Waals surface area contributed by atoms with Crippen LogP contribution in [-0.4, -0.2) is 23.1 Å². The minimum Gasteiger partial charge on any atom is -0.496 e. The maximum Gasteiger partial charge on any atom is 0.258 e.